The molecule has 0 atom stereocenters. The van der Waals surface area contributed by atoms with Gasteiger partial charge < -0.3 is 5.73 Å². The maximum Gasteiger partial charge on any atom is 0.242 e. The molecule has 0 saturated heterocycles. The fraction of sp³-hybridized carbons (Fsp3) is 0.500. The van der Waals surface area contributed by atoms with Gasteiger partial charge >= 0.3 is 0 Å². The maximum absolute atomic E-state index is 12.2. The van der Waals surface area contributed by atoms with Gasteiger partial charge in [0.25, 0.3) is 0 Å². The van der Waals surface area contributed by atoms with Crippen molar-refractivity contribution < 1.29 is 8.42 Å². The van der Waals surface area contributed by atoms with Crippen LogP contribution in [0.25, 0.3) is 0 Å². The number of para-hydroxylation sites is 1. The minimum atomic E-state index is -3.50. The van der Waals surface area contributed by atoms with E-state index in [1.807, 2.05) is 6.26 Å². The smallest absolute Gasteiger partial charge is 0.242 e. The Morgan fingerprint density at radius 2 is 2.06 bits per heavy atom. The Hall–Kier alpha value is -0.720. The normalized spacial score (nSPS) is 18.3. The van der Waals surface area contributed by atoms with Crippen molar-refractivity contribution in [3.63, 3.8) is 0 Å². The summed E-state index contributed by atoms with van der Waals surface area (Å²) in [7, 11) is -3.50. The Morgan fingerprint density at radius 3 is 2.56 bits per heavy atom. The highest BCUT2D eigenvalue weighted by atomic mass is 32.2. The SMILES string of the molecule is CSC1(CNS(=O)(=O)c2ccccc2N)CCC1. The zero-order valence-corrected chi connectivity index (χ0v) is 12.0. The van der Waals surface area contributed by atoms with E-state index in [1.54, 1.807) is 30.0 Å². The Morgan fingerprint density at radius 1 is 1.39 bits per heavy atom. The Labute approximate surface area is 112 Å². The van der Waals surface area contributed by atoms with E-state index in [0.29, 0.717) is 6.54 Å². The first-order valence-corrected chi connectivity index (χ1v) is 8.59. The van der Waals surface area contributed by atoms with Crippen LogP contribution < -0.4 is 10.5 Å². The summed E-state index contributed by atoms with van der Waals surface area (Å²) in [6, 6.07) is 6.54. The van der Waals surface area contributed by atoms with E-state index >= 15 is 0 Å². The first-order chi connectivity index (χ1) is 8.49. The molecule has 0 aromatic heterocycles. The minimum absolute atomic E-state index is 0.0800. The molecule has 1 saturated carbocycles. The third kappa shape index (κ3) is 2.65. The summed E-state index contributed by atoms with van der Waals surface area (Å²) >= 11 is 1.74. The molecule has 3 N–H and O–H groups in total. The number of nitrogens with two attached hydrogens (primary N) is 1. The monoisotopic (exact) mass is 286 g/mol. The second-order valence-electron chi connectivity index (χ2n) is 4.60. The van der Waals surface area contributed by atoms with Crippen LogP contribution in [0.4, 0.5) is 5.69 Å². The largest absolute Gasteiger partial charge is 0.398 e. The van der Waals surface area contributed by atoms with Gasteiger partial charge in [-0.15, -0.1) is 0 Å². The molecule has 1 fully saturated rings. The molecule has 0 aliphatic heterocycles. The van der Waals surface area contributed by atoms with Crippen LogP contribution in [-0.4, -0.2) is 26.0 Å². The number of anilines is 1. The Kier molecular flexibility index (Phi) is 3.89. The van der Waals surface area contributed by atoms with Crippen molar-refractivity contribution in [1.82, 2.24) is 4.72 Å². The van der Waals surface area contributed by atoms with Crippen LogP contribution >= 0.6 is 11.8 Å². The highest BCUT2D eigenvalue weighted by Gasteiger charge is 2.37. The molecule has 4 nitrogen and oxygen atoms in total. The third-order valence-corrected chi connectivity index (χ3v) is 6.38. The van der Waals surface area contributed by atoms with E-state index in [1.165, 1.54) is 12.5 Å². The number of hydrogen-bond donors (Lipinski definition) is 2. The lowest BCUT2D eigenvalue weighted by atomic mass is 9.84. The van der Waals surface area contributed by atoms with E-state index in [2.05, 4.69) is 4.72 Å². The van der Waals surface area contributed by atoms with Gasteiger partial charge in [-0.1, -0.05) is 18.6 Å². The molecule has 1 aliphatic carbocycles. The van der Waals surface area contributed by atoms with E-state index in [9.17, 15) is 8.42 Å². The van der Waals surface area contributed by atoms with Gasteiger partial charge in [0, 0.05) is 11.3 Å². The standard InChI is InChI=1S/C12H18N2O2S2/c1-17-12(7-4-8-12)9-14-18(15,16)11-6-3-2-5-10(11)13/h2-3,5-6,14H,4,7-9,13H2,1H3. The first-order valence-electron chi connectivity index (χ1n) is 5.88. The van der Waals surface area contributed by atoms with Gasteiger partial charge in [0.05, 0.1) is 5.69 Å². The summed E-state index contributed by atoms with van der Waals surface area (Å²) in [6.07, 6.45) is 5.35. The molecule has 1 aromatic rings. The number of nitrogens with one attached hydrogen (secondary N) is 1. The van der Waals surface area contributed by atoms with Gasteiger partial charge in [-0.2, -0.15) is 11.8 Å². The maximum atomic E-state index is 12.2. The van der Waals surface area contributed by atoms with Gasteiger partial charge in [-0.3, -0.25) is 0 Å². The van der Waals surface area contributed by atoms with E-state index in [0.717, 1.165) is 12.8 Å². The van der Waals surface area contributed by atoms with Crippen LogP contribution in [0.3, 0.4) is 0 Å². The molecule has 1 aromatic carbocycles. The van der Waals surface area contributed by atoms with Crippen molar-refractivity contribution in [2.45, 2.75) is 28.9 Å². The third-order valence-electron chi connectivity index (χ3n) is 3.49. The summed E-state index contributed by atoms with van der Waals surface area (Å²) in [4.78, 5) is 0.167. The molecular formula is C12H18N2O2S2. The quantitative estimate of drug-likeness (QED) is 0.810. The number of thioether (sulfide) groups is 1. The number of rotatable bonds is 5. The first kappa shape index (κ1) is 13.7. The molecule has 0 spiro atoms. The van der Waals surface area contributed by atoms with Crippen molar-refractivity contribution >= 4 is 27.5 Å². The van der Waals surface area contributed by atoms with Crippen molar-refractivity contribution in [1.29, 1.82) is 0 Å². The van der Waals surface area contributed by atoms with Crippen molar-refractivity contribution in [2.24, 2.45) is 0 Å². The molecule has 0 heterocycles. The summed E-state index contributed by atoms with van der Waals surface area (Å²) in [5.74, 6) is 0. The highest BCUT2D eigenvalue weighted by Crippen LogP contribution is 2.42. The fourth-order valence-electron chi connectivity index (χ4n) is 2.05. The topological polar surface area (TPSA) is 72.2 Å². The van der Waals surface area contributed by atoms with Crippen molar-refractivity contribution in [3.8, 4) is 0 Å². The summed E-state index contributed by atoms with van der Waals surface area (Å²) in [6.45, 7) is 0.477. The number of hydrogen-bond acceptors (Lipinski definition) is 4. The molecule has 6 heteroatoms. The average molecular weight is 286 g/mol. The van der Waals surface area contributed by atoms with Gasteiger partial charge in [-0.05, 0) is 31.2 Å². The number of sulfonamides is 1. The number of benzene rings is 1. The molecule has 18 heavy (non-hydrogen) atoms. The average Bonchev–Trinajstić information content (AvgIpc) is 2.28. The van der Waals surface area contributed by atoms with E-state index in [4.69, 9.17) is 5.73 Å². The van der Waals surface area contributed by atoms with Crippen LogP contribution in [0.15, 0.2) is 29.2 Å². The van der Waals surface area contributed by atoms with Crippen LogP contribution in [0.1, 0.15) is 19.3 Å². The number of nitrogen functional groups attached to an aromatic ring is 1. The van der Waals surface area contributed by atoms with Crippen LogP contribution in [0.5, 0.6) is 0 Å². The Bertz CT molecular complexity index is 519. The lowest BCUT2D eigenvalue weighted by Gasteiger charge is -2.40. The minimum Gasteiger partial charge on any atom is -0.398 e. The van der Waals surface area contributed by atoms with Crippen LogP contribution in [-0.2, 0) is 10.0 Å². The molecule has 2 rings (SSSR count). The van der Waals surface area contributed by atoms with Gasteiger partial charge in [0.1, 0.15) is 4.90 Å². The predicted octanol–water partition coefficient (Wildman–Crippen LogP) is 1.83. The molecule has 0 amide bonds. The molecule has 0 radical (unpaired) electrons. The highest BCUT2D eigenvalue weighted by molar-refractivity contribution is 8.00. The van der Waals surface area contributed by atoms with Crippen molar-refractivity contribution in [2.75, 3.05) is 18.5 Å². The van der Waals surface area contributed by atoms with Gasteiger partial charge in [0.2, 0.25) is 10.0 Å². The molecule has 0 bridgehead atoms. The van der Waals surface area contributed by atoms with Crippen molar-refractivity contribution in [3.05, 3.63) is 24.3 Å². The van der Waals surface area contributed by atoms with E-state index < -0.39 is 10.0 Å². The molecular weight excluding hydrogens is 268 g/mol. The van der Waals surface area contributed by atoms with Gasteiger partial charge in [-0.25, -0.2) is 13.1 Å². The zero-order valence-electron chi connectivity index (χ0n) is 10.3. The molecule has 100 valence electrons. The lowest BCUT2D eigenvalue weighted by molar-refractivity contribution is 0.362. The Balaban J connectivity index is 2.11. The lowest BCUT2D eigenvalue weighted by Crippen LogP contribution is -2.45. The van der Waals surface area contributed by atoms with Crippen LogP contribution in [0, 0.1) is 0 Å². The summed E-state index contributed by atoms with van der Waals surface area (Å²) in [5, 5.41) is 0. The van der Waals surface area contributed by atoms with Gasteiger partial charge in [0.15, 0.2) is 0 Å². The fourth-order valence-corrected chi connectivity index (χ4v) is 4.32. The summed E-state index contributed by atoms with van der Waals surface area (Å²) in [5.41, 5.74) is 5.99. The second-order valence-corrected chi connectivity index (χ2v) is 7.61. The van der Waals surface area contributed by atoms with Crippen LogP contribution in [0.2, 0.25) is 0 Å². The second kappa shape index (κ2) is 5.11. The van der Waals surface area contributed by atoms with E-state index in [-0.39, 0.29) is 15.3 Å². The summed E-state index contributed by atoms with van der Waals surface area (Å²) < 4.78 is 27.1. The molecule has 1 aliphatic rings. The zero-order chi connectivity index (χ0) is 13.2. The predicted molar refractivity (Wildman–Crippen MR) is 76.1 cm³/mol. The molecule has 0 unspecified atom stereocenters.